The zero-order valence-electron chi connectivity index (χ0n) is 10.4. The molecule has 3 heteroatoms. The fourth-order valence-electron chi connectivity index (χ4n) is 1.86. The molecular weight excluding hydrogens is 200 g/mol. The predicted molar refractivity (Wildman–Crippen MR) is 66.2 cm³/mol. The number of hydrogen-bond donors (Lipinski definition) is 2. The molecule has 3 nitrogen and oxygen atoms in total. The molecule has 1 aromatic heterocycles. The first-order valence-electron chi connectivity index (χ1n) is 5.90. The molecule has 0 aliphatic heterocycles. The molecular formula is C13H22N2O. The molecule has 1 heterocycles. The predicted octanol–water partition coefficient (Wildman–Crippen LogP) is 2.28. The van der Waals surface area contributed by atoms with Gasteiger partial charge >= 0.3 is 0 Å². The summed E-state index contributed by atoms with van der Waals surface area (Å²) >= 11 is 0. The average Bonchev–Trinajstić information content (AvgIpc) is 2.30. The second kappa shape index (κ2) is 5.97. The van der Waals surface area contributed by atoms with Gasteiger partial charge in [0.2, 0.25) is 0 Å². The molecule has 0 aromatic carbocycles. The Labute approximate surface area is 97.9 Å². The Balaban J connectivity index is 2.65. The Bertz CT molecular complexity index is 302. The van der Waals surface area contributed by atoms with Gasteiger partial charge in [-0.05, 0) is 44.4 Å². The first kappa shape index (κ1) is 13.1. The van der Waals surface area contributed by atoms with Crippen molar-refractivity contribution in [1.82, 2.24) is 10.3 Å². The minimum Gasteiger partial charge on any atom is -0.396 e. The van der Waals surface area contributed by atoms with Crippen LogP contribution in [0.1, 0.15) is 45.2 Å². The summed E-state index contributed by atoms with van der Waals surface area (Å²) in [7, 11) is 0. The van der Waals surface area contributed by atoms with Crippen molar-refractivity contribution in [2.75, 3.05) is 6.61 Å². The quantitative estimate of drug-likeness (QED) is 0.776. The Morgan fingerprint density at radius 2 is 2.06 bits per heavy atom. The van der Waals surface area contributed by atoms with E-state index in [0.717, 1.165) is 12.8 Å². The van der Waals surface area contributed by atoms with Gasteiger partial charge in [-0.1, -0.05) is 6.92 Å². The number of nitrogens with zero attached hydrogens (tertiary/aromatic N) is 1. The van der Waals surface area contributed by atoms with Crippen LogP contribution in [0.25, 0.3) is 0 Å². The molecule has 0 saturated carbocycles. The smallest absolute Gasteiger partial charge is 0.0448 e. The molecule has 0 radical (unpaired) electrons. The molecule has 0 bridgehead atoms. The minimum absolute atomic E-state index is 0.00254. The van der Waals surface area contributed by atoms with E-state index in [4.69, 9.17) is 5.11 Å². The van der Waals surface area contributed by atoms with Gasteiger partial charge in [0.05, 0.1) is 0 Å². The molecule has 2 N–H and O–H groups in total. The number of aliphatic hydroxyl groups is 1. The van der Waals surface area contributed by atoms with E-state index >= 15 is 0 Å². The van der Waals surface area contributed by atoms with Crippen LogP contribution < -0.4 is 5.32 Å². The van der Waals surface area contributed by atoms with Gasteiger partial charge in [0.15, 0.2) is 0 Å². The van der Waals surface area contributed by atoms with Gasteiger partial charge in [-0.15, -0.1) is 0 Å². The SMILES string of the molecule is CCC(C)(CCO)NC(C)c1ccncc1. The van der Waals surface area contributed by atoms with Crippen LogP contribution >= 0.6 is 0 Å². The second-order valence-corrected chi connectivity index (χ2v) is 4.53. The molecule has 1 aromatic rings. The summed E-state index contributed by atoms with van der Waals surface area (Å²) < 4.78 is 0. The Morgan fingerprint density at radius 3 is 2.56 bits per heavy atom. The van der Waals surface area contributed by atoms with Gasteiger partial charge in [-0.2, -0.15) is 0 Å². The summed E-state index contributed by atoms with van der Waals surface area (Å²) in [6.45, 7) is 6.66. The molecule has 0 aliphatic rings. The number of aliphatic hydroxyl groups excluding tert-OH is 1. The molecule has 16 heavy (non-hydrogen) atoms. The lowest BCUT2D eigenvalue weighted by Crippen LogP contribution is -2.43. The number of pyridine rings is 1. The molecule has 0 saturated heterocycles. The molecule has 90 valence electrons. The van der Waals surface area contributed by atoms with Crippen molar-refractivity contribution in [3.63, 3.8) is 0 Å². The van der Waals surface area contributed by atoms with Gasteiger partial charge in [-0.25, -0.2) is 0 Å². The van der Waals surface area contributed by atoms with Crippen molar-refractivity contribution in [3.05, 3.63) is 30.1 Å². The highest BCUT2D eigenvalue weighted by atomic mass is 16.3. The highest BCUT2D eigenvalue weighted by Gasteiger charge is 2.23. The average molecular weight is 222 g/mol. The van der Waals surface area contributed by atoms with E-state index < -0.39 is 0 Å². The van der Waals surface area contributed by atoms with Gasteiger partial charge in [0.1, 0.15) is 0 Å². The number of nitrogens with one attached hydrogen (secondary N) is 1. The van der Waals surface area contributed by atoms with Gasteiger partial charge in [-0.3, -0.25) is 4.98 Å². The molecule has 2 atom stereocenters. The van der Waals surface area contributed by atoms with Crippen LogP contribution in [0.3, 0.4) is 0 Å². The maximum absolute atomic E-state index is 9.07. The second-order valence-electron chi connectivity index (χ2n) is 4.53. The van der Waals surface area contributed by atoms with Crippen molar-refractivity contribution in [3.8, 4) is 0 Å². The van der Waals surface area contributed by atoms with Crippen molar-refractivity contribution in [1.29, 1.82) is 0 Å². The van der Waals surface area contributed by atoms with E-state index in [1.807, 2.05) is 24.5 Å². The lowest BCUT2D eigenvalue weighted by atomic mass is 9.93. The van der Waals surface area contributed by atoms with Crippen LogP contribution in [0.4, 0.5) is 0 Å². The van der Waals surface area contributed by atoms with E-state index in [1.165, 1.54) is 5.56 Å². The van der Waals surface area contributed by atoms with Crippen LogP contribution in [0.2, 0.25) is 0 Å². The number of hydrogen-bond acceptors (Lipinski definition) is 3. The van der Waals surface area contributed by atoms with Crippen molar-refractivity contribution >= 4 is 0 Å². The van der Waals surface area contributed by atoms with Crippen LogP contribution in [-0.4, -0.2) is 22.2 Å². The molecule has 0 amide bonds. The Morgan fingerprint density at radius 1 is 1.44 bits per heavy atom. The molecule has 1 rings (SSSR count). The van der Waals surface area contributed by atoms with Crippen molar-refractivity contribution < 1.29 is 5.11 Å². The van der Waals surface area contributed by atoms with E-state index in [2.05, 4.69) is 31.1 Å². The fourth-order valence-corrected chi connectivity index (χ4v) is 1.86. The molecule has 0 fully saturated rings. The van der Waals surface area contributed by atoms with E-state index in [1.54, 1.807) is 0 Å². The Hall–Kier alpha value is -0.930. The van der Waals surface area contributed by atoms with Gasteiger partial charge in [0, 0.05) is 30.6 Å². The minimum atomic E-state index is -0.00254. The standard InChI is InChI=1S/C13H22N2O/c1-4-13(3,7-10-16)15-11(2)12-5-8-14-9-6-12/h5-6,8-9,11,15-16H,4,7,10H2,1-3H3. The van der Waals surface area contributed by atoms with Crippen molar-refractivity contribution in [2.45, 2.75) is 45.2 Å². The third-order valence-corrected chi connectivity index (χ3v) is 3.21. The van der Waals surface area contributed by atoms with Crippen LogP contribution in [0.15, 0.2) is 24.5 Å². The summed E-state index contributed by atoms with van der Waals surface area (Å²) in [6, 6.07) is 4.32. The van der Waals surface area contributed by atoms with E-state index in [-0.39, 0.29) is 18.2 Å². The van der Waals surface area contributed by atoms with Crippen LogP contribution in [-0.2, 0) is 0 Å². The number of aromatic nitrogens is 1. The maximum Gasteiger partial charge on any atom is 0.0448 e. The highest BCUT2D eigenvalue weighted by Crippen LogP contribution is 2.20. The van der Waals surface area contributed by atoms with Gasteiger partial charge in [0.25, 0.3) is 0 Å². The normalized spacial score (nSPS) is 16.8. The summed E-state index contributed by atoms with van der Waals surface area (Å²) in [5, 5.41) is 12.6. The maximum atomic E-state index is 9.07. The zero-order chi connectivity index (χ0) is 12.0. The fraction of sp³-hybridized carbons (Fsp3) is 0.615. The lowest BCUT2D eigenvalue weighted by Gasteiger charge is -2.33. The highest BCUT2D eigenvalue weighted by molar-refractivity contribution is 5.14. The monoisotopic (exact) mass is 222 g/mol. The molecule has 2 unspecified atom stereocenters. The molecule has 0 spiro atoms. The lowest BCUT2D eigenvalue weighted by molar-refractivity contribution is 0.205. The van der Waals surface area contributed by atoms with Crippen molar-refractivity contribution in [2.24, 2.45) is 0 Å². The van der Waals surface area contributed by atoms with E-state index in [0.29, 0.717) is 0 Å². The summed E-state index contributed by atoms with van der Waals surface area (Å²) in [5.74, 6) is 0. The summed E-state index contributed by atoms with van der Waals surface area (Å²) in [5.41, 5.74) is 1.23. The first-order valence-corrected chi connectivity index (χ1v) is 5.90. The summed E-state index contributed by atoms with van der Waals surface area (Å²) in [6.07, 6.45) is 5.40. The Kier molecular flexibility index (Phi) is 4.90. The van der Waals surface area contributed by atoms with E-state index in [9.17, 15) is 0 Å². The van der Waals surface area contributed by atoms with Crippen LogP contribution in [0.5, 0.6) is 0 Å². The third-order valence-electron chi connectivity index (χ3n) is 3.21. The van der Waals surface area contributed by atoms with Gasteiger partial charge < -0.3 is 10.4 Å². The third kappa shape index (κ3) is 3.58. The molecule has 0 aliphatic carbocycles. The largest absolute Gasteiger partial charge is 0.396 e. The number of rotatable bonds is 6. The first-order chi connectivity index (χ1) is 7.61. The zero-order valence-corrected chi connectivity index (χ0v) is 10.4. The summed E-state index contributed by atoms with van der Waals surface area (Å²) in [4.78, 5) is 4.01. The van der Waals surface area contributed by atoms with Crippen LogP contribution in [0, 0.1) is 0 Å². The topological polar surface area (TPSA) is 45.1 Å².